The van der Waals surface area contributed by atoms with E-state index in [1.807, 2.05) is 54.8 Å². The van der Waals surface area contributed by atoms with Gasteiger partial charge in [0.2, 0.25) is 0 Å². The fourth-order valence-electron chi connectivity index (χ4n) is 4.12. The van der Waals surface area contributed by atoms with Crippen LogP contribution in [-0.4, -0.2) is 31.7 Å². The summed E-state index contributed by atoms with van der Waals surface area (Å²) in [6.07, 6.45) is 1.54. The summed E-state index contributed by atoms with van der Waals surface area (Å²) in [6, 6.07) is 24.5. The van der Waals surface area contributed by atoms with Gasteiger partial charge in [0.25, 0.3) is 15.9 Å². The molecule has 0 aliphatic rings. The molecule has 0 fully saturated rings. The van der Waals surface area contributed by atoms with Crippen LogP contribution in [0.4, 0.5) is 5.69 Å². The van der Waals surface area contributed by atoms with Gasteiger partial charge in [-0.05, 0) is 62.7 Å². The van der Waals surface area contributed by atoms with Gasteiger partial charge in [-0.1, -0.05) is 60.1 Å². The first-order chi connectivity index (χ1) is 17.7. The van der Waals surface area contributed by atoms with E-state index in [0.29, 0.717) is 10.7 Å². The Morgan fingerprint density at radius 3 is 2.32 bits per heavy atom. The highest BCUT2D eigenvalue weighted by Gasteiger charge is 2.28. The third-order valence-corrected chi connectivity index (χ3v) is 8.05. The van der Waals surface area contributed by atoms with E-state index in [0.717, 1.165) is 32.5 Å². The molecule has 0 atom stereocenters. The summed E-state index contributed by atoms with van der Waals surface area (Å²) in [5, 5.41) is 4.73. The average molecular weight is 535 g/mol. The number of amides is 1. The summed E-state index contributed by atoms with van der Waals surface area (Å²) >= 11 is 6.38. The number of benzene rings is 3. The Hall–Kier alpha value is -3.88. The van der Waals surface area contributed by atoms with Crippen molar-refractivity contribution in [2.24, 2.45) is 5.10 Å². The third-order valence-electron chi connectivity index (χ3n) is 5.96. The molecule has 0 unspecified atom stereocenters. The second kappa shape index (κ2) is 11.0. The van der Waals surface area contributed by atoms with Gasteiger partial charge in [-0.25, -0.2) is 13.8 Å². The molecule has 0 spiro atoms. The molecule has 1 N–H and O–H groups in total. The number of nitrogens with one attached hydrogen (secondary N) is 1. The van der Waals surface area contributed by atoms with Gasteiger partial charge in [0.1, 0.15) is 6.54 Å². The van der Waals surface area contributed by atoms with E-state index >= 15 is 0 Å². The predicted molar refractivity (Wildman–Crippen MR) is 148 cm³/mol. The van der Waals surface area contributed by atoms with Gasteiger partial charge in [-0.2, -0.15) is 5.10 Å². The molecule has 1 aromatic heterocycles. The van der Waals surface area contributed by atoms with E-state index in [2.05, 4.69) is 10.5 Å². The molecule has 190 valence electrons. The molecule has 0 bridgehead atoms. The third kappa shape index (κ3) is 5.60. The summed E-state index contributed by atoms with van der Waals surface area (Å²) in [4.78, 5) is 13.0. The van der Waals surface area contributed by atoms with Crippen LogP contribution >= 0.6 is 11.6 Å². The second-order valence-electron chi connectivity index (χ2n) is 8.52. The zero-order chi connectivity index (χ0) is 26.6. The maximum Gasteiger partial charge on any atom is 0.264 e. The van der Waals surface area contributed by atoms with Crippen molar-refractivity contribution in [2.45, 2.75) is 25.7 Å². The van der Waals surface area contributed by atoms with Crippen molar-refractivity contribution >= 4 is 39.4 Å². The first kappa shape index (κ1) is 26.2. The summed E-state index contributed by atoms with van der Waals surface area (Å²) in [7, 11) is -3.99. The smallest absolute Gasteiger partial charge is 0.264 e. The van der Waals surface area contributed by atoms with Gasteiger partial charge < -0.3 is 4.57 Å². The lowest BCUT2D eigenvalue weighted by Crippen LogP contribution is -2.40. The molecule has 4 aromatic rings. The average Bonchev–Trinajstić information content (AvgIpc) is 3.16. The van der Waals surface area contributed by atoms with E-state index < -0.39 is 22.5 Å². The van der Waals surface area contributed by atoms with Gasteiger partial charge in [0.15, 0.2) is 0 Å². The zero-order valence-corrected chi connectivity index (χ0v) is 22.3. The van der Waals surface area contributed by atoms with Crippen molar-refractivity contribution in [2.75, 3.05) is 10.8 Å². The maximum absolute atomic E-state index is 13.5. The first-order valence-corrected chi connectivity index (χ1v) is 13.4. The fourth-order valence-corrected chi connectivity index (χ4v) is 5.85. The van der Waals surface area contributed by atoms with E-state index in [-0.39, 0.29) is 4.90 Å². The van der Waals surface area contributed by atoms with Gasteiger partial charge in [-0.15, -0.1) is 0 Å². The normalized spacial score (nSPS) is 11.6. The molecule has 4 rings (SSSR count). The Labute approximate surface area is 222 Å². The maximum atomic E-state index is 13.5. The number of hydrazone groups is 1. The van der Waals surface area contributed by atoms with Crippen LogP contribution in [0.3, 0.4) is 0 Å². The number of hydrogen-bond donors (Lipinski definition) is 1. The predicted octanol–water partition coefficient (Wildman–Crippen LogP) is 5.40. The minimum atomic E-state index is -3.99. The van der Waals surface area contributed by atoms with E-state index in [1.54, 1.807) is 43.3 Å². The summed E-state index contributed by atoms with van der Waals surface area (Å²) in [5.41, 5.74) is 7.13. The lowest BCUT2D eigenvalue weighted by molar-refractivity contribution is -0.119. The number of rotatable bonds is 8. The molecule has 0 saturated heterocycles. The number of nitrogens with zero attached hydrogens (tertiary/aromatic N) is 3. The standard InChI is InChI=1S/C28H27ClN4O3S/c1-20-11-7-9-15-26(20)32(37(35,36)24-12-5-4-6-13-24)19-28(34)31-30-18-23-17-21(2)33(22(23)3)27-16-10-8-14-25(27)29/h4-18H,19H2,1-3H3,(H,31,34)/b30-18-. The highest BCUT2D eigenvalue weighted by Crippen LogP contribution is 2.27. The van der Waals surface area contributed by atoms with E-state index in [4.69, 9.17) is 11.6 Å². The number of sulfonamides is 1. The van der Waals surface area contributed by atoms with E-state index in [9.17, 15) is 13.2 Å². The number of hydrogen-bond acceptors (Lipinski definition) is 4. The molecule has 0 aliphatic carbocycles. The second-order valence-corrected chi connectivity index (χ2v) is 10.8. The highest BCUT2D eigenvalue weighted by atomic mass is 35.5. The SMILES string of the molecule is Cc1ccccc1N(CC(=O)N/N=C\c1cc(C)n(-c2ccccc2Cl)c1C)S(=O)(=O)c1ccccc1. The van der Waals surface area contributed by atoms with Gasteiger partial charge in [-0.3, -0.25) is 9.10 Å². The Morgan fingerprint density at radius 1 is 0.973 bits per heavy atom. The van der Waals surface area contributed by atoms with Crippen molar-refractivity contribution < 1.29 is 13.2 Å². The summed E-state index contributed by atoms with van der Waals surface area (Å²) in [6.45, 7) is 5.26. The lowest BCUT2D eigenvalue weighted by Gasteiger charge is -2.25. The largest absolute Gasteiger partial charge is 0.316 e. The Morgan fingerprint density at radius 2 is 1.62 bits per heavy atom. The molecule has 9 heteroatoms. The van der Waals surface area contributed by atoms with Crippen LogP contribution in [0.25, 0.3) is 5.69 Å². The molecule has 1 amide bonds. The molecule has 37 heavy (non-hydrogen) atoms. The Bertz CT molecular complexity index is 1560. The van der Waals surface area contributed by atoms with Crippen molar-refractivity contribution in [3.05, 3.63) is 112 Å². The zero-order valence-electron chi connectivity index (χ0n) is 20.7. The minimum Gasteiger partial charge on any atom is -0.316 e. The molecule has 7 nitrogen and oxygen atoms in total. The quantitative estimate of drug-likeness (QED) is 0.242. The first-order valence-electron chi connectivity index (χ1n) is 11.6. The van der Waals surface area contributed by atoms with Crippen LogP contribution in [0.1, 0.15) is 22.5 Å². The van der Waals surface area contributed by atoms with Crippen molar-refractivity contribution in [1.82, 2.24) is 9.99 Å². The number of anilines is 1. The molecule has 1 heterocycles. The molecule has 3 aromatic carbocycles. The summed E-state index contributed by atoms with van der Waals surface area (Å²) < 4.78 is 30.0. The molecular weight excluding hydrogens is 508 g/mol. The topological polar surface area (TPSA) is 83.8 Å². The van der Waals surface area contributed by atoms with Crippen molar-refractivity contribution in [3.8, 4) is 5.69 Å². The molecular formula is C28H27ClN4O3S. The fraction of sp³-hybridized carbons (Fsp3) is 0.143. The number of para-hydroxylation sites is 2. The minimum absolute atomic E-state index is 0.0987. The molecule has 0 saturated carbocycles. The van der Waals surface area contributed by atoms with Crippen molar-refractivity contribution in [3.63, 3.8) is 0 Å². The van der Waals surface area contributed by atoms with Crippen molar-refractivity contribution in [1.29, 1.82) is 0 Å². The van der Waals surface area contributed by atoms with Crippen LogP contribution in [0.2, 0.25) is 5.02 Å². The Kier molecular flexibility index (Phi) is 7.80. The van der Waals surface area contributed by atoms with Gasteiger partial charge >= 0.3 is 0 Å². The summed E-state index contributed by atoms with van der Waals surface area (Å²) in [5.74, 6) is -0.570. The molecule has 0 aliphatic heterocycles. The van der Waals surface area contributed by atoms with Crippen LogP contribution in [0, 0.1) is 20.8 Å². The van der Waals surface area contributed by atoms with Crippen LogP contribution in [-0.2, 0) is 14.8 Å². The van der Waals surface area contributed by atoms with Crippen LogP contribution < -0.4 is 9.73 Å². The van der Waals surface area contributed by atoms with E-state index in [1.165, 1.54) is 18.3 Å². The number of aromatic nitrogens is 1. The Balaban J connectivity index is 1.56. The number of halogens is 1. The number of carbonyl (C=O) groups is 1. The lowest BCUT2D eigenvalue weighted by atomic mass is 10.2. The van der Waals surface area contributed by atoms with Gasteiger partial charge in [0, 0.05) is 17.0 Å². The number of aryl methyl sites for hydroxylation is 2. The van der Waals surface area contributed by atoms with Crippen LogP contribution in [0.15, 0.2) is 94.9 Å². The van der Waals surface area contributed by atoms with Gasteiger partial charge in [0.05, 0.1) is 27.5 Å². The highest BCUT2D eigenvalue weighted by molar-refractivity contribution is 7.92. The molecule has 0 radical (unpaired) electrons. The van der Waals surface area contributed by atoms with Crippen LogP contribution in [0.5, 0.6) is 0 Å². The monoisotopic (exact) mass is 534 g/mol. The number of carbonyl (C=O) groups excluding carboxylic acids is 1.